The van der Waals surface area contributed by atoms with Crippen LogP contribution >= 0.6 is 0 Å². The van der Waals surface area contributed by atoms with Crippen molar-refractivity contribution in [3.05, 3.63) is 53.3 Å². The van der Waals surface area contributed by atoms with Crippen LogP contribution < -0.4 is 20.1 Å². The number of nitrogens with zero attached hydrogens (tertiary/aromatic N) is 3. The van der Waals surface area contributed by atoms with Crippen LogP contribution in [0.4, 0.5) is 14.4 Å². The van der Waals surface area contributed by atoms with E-state index >= 15 is 0 Å². The summed E-state index contributed by atoms with van der Waals surface area (Å²) in [6.45, 7) is 16.0. The minimum absolute atomic E-state index is 0.0815. The van der Waals surface area contributed by atoms with Crippen LogP contribution in [-0.2, 0) is 46.8 Å². The van der Waals surface area contributed by atoms with Crippen molar-refractivity contribution in [2.24, 2.45) is 0 Å². The van der Waals surface area contributed by atoms with Crippen molar-refractivity contribution in [3.63, 3.8) is 0 Å². The molecular weight excluding hydrogens is 754 g/mol. The first kappa shape index (κ1) is 42.4. The second-order valence-electron chi connectivity index (χ2n) is 18.3. The van der Waals surface area contributed by atoms with E-state index in [1.165, 1.54) is 12.5 Å². The third-order valence-electron chi connectivity index (χ3n) is 10.4. The Labute approximate surface area is 337 Å². The zero-order chi connectivity index (χ0) is 42.6. The number of ether oxygens (including phenoxy) is 6. The number of nitrogens with one attached hydrogen (secondary N) is 2. The molecule has 1 aromatic carbocycles. The first-order valence-electron chi connectivity index (χ1n) is 19.5. The normalized spacial score (nSPS) is 23.9. The lowest BCUT2D eigenvalue weighted by molar-refractivity contribution is -0.170. The number of carbonyl (C=O) groups excluding carboxylic acids is 5. The van der Waals surface area contributed by atoms with Crippen LogP contribution in [0.2, 0.25) is 0 Å². The van der Waals surface area contributed by atoms with E-state index in [4.69, 9.17) is 28.4 Å². The number of aromatic nitrogens is 2. The molecule has 17 nitrogen and oxygen atoms in total. The number of hydrogen-bond acceptors (Lipinski definition) is 14. The van der Waals surface area contributed by atoms with Crippen molar-refractivity contribution in [3.8, 4) is 11.5 Å². The molecule has 1 fully saturated rings. The van der Waals surface area contributed by atoms with Crippen molar-refractivity contribution in [1.82, 2.24) is 25.1 Å². The number of alkyl carbamates (subject to hydrolysis) is 1. The molecule has 1 spiro atoms. The molecule has 2 aromatic rings. The molecule has 4 aliphatic rings. The van der Waals surface area contributed by atoms with Crippen LogP contribution in [0.25, 0.3) is 0 Å². The molecule has 58 heavy (non-hydrogen) atoms. The summed E-state index contributed by atoms with van der Waals surface area (Å²) >= 11 is 0. The largest absolute Gasteiger partial charge is 0.514 e. The van der Waals surface area contributed by atoms with Gasteiger partial charge in [0.05, 0.1) is 16.7 Å². The van der Waals surface area contributed by atoms with E-state index in [1.54, 1.807) is 74.5 Å². The third kappa shape index (κ3) is 8.65. The SMILES string of the molecule is CN1CC[C@]23c4c5ccc(OC(=O)OC(C)(C)C)c4O[C@H]2C(OC(=O)[C@H](Cc2cn(C(=O)OC(C)(C)C)cn2)NC(=O)CCNC(=O)OC(C)(C)C)=CC[C@@]3(O)[C@H]1C5. The van der Waals surface area contributed by atoms with Gasteiger partial charge >= 0.3 is 24.3 Å². The first-order chi connectivity index (χ1) is 26.9. The number of amides is 2. The summed E-state index contributed by atoms with van der Waals surface area (Å²) in [7, 11) is 1.96. The minimum Gasteiger partial charge on any atom is -0.477 e. The molecule has 2 aliphatic carbocycles. The Bertz CT molecular complexity index is 2010. The quantitative estimate of drug-likeness (QED) is 0.182. The highest BCUT2D eigenvalue weighted by Gasteiger charge is 2.72. The molecule has 17 heteroatoms. The standard InChI is InChI=1S/C41H55N5O12/c1-37(2,3)56-34(49)42-17-14-29(47)44-25(20-24-21-46(22-43-24)35(50)57-38(4,5)6)33(48)53-27-13-15-41(52)28-19-23-11-12-26(54-36(51)58-39(7,8)9)31-30(23)40(41,32(27)55-31)16-18-45(28)10/h11-13,21-22,25,28,32,52H,14-20H2,1-10H3,(H,42,49)(H,44,47)/t25-,28+,32-,40-,41+/m0/s1. The molecule has 1 saturated heterocycles. The number of rotatable bonds is 9. The fourth-order valence-corrected chi connectivity index (χ4v) is 8.20. The average Bonchev–Trinajstić information content (AvgIpc) is 3.69. The molecule has 1 aromatic heterocycles. The van der Waals surface area contributed by atoms with Crippen molar-refractivity contribution >= 4 is 30.2 Å². The zero-order valence-corrected chi connectivity index (χ0v) is 34.8. The fourth-order valence-electron chi connectivity index (χ4n) is 8.20. The summed E-state index contributed by atoms with van der Waals surface area (Å²) in [4.78, 5) is 71.8. The number of carbonyl (C=O) groups is 5. The summed E-state index contributed by atoms with van der Waals surface area (Å²) < 4.78 is 35.7. The molecule has 3 heterocycles. The molecule has 2 amide bonds. The minimum atomic E-state index is -1.34. The predicted molar refractivity (Wildman–Crippen MR) is 206 cm³/mol. The molecule has 2 bridgehead atoms. The first-order valence-corrected chi connectivity index (χ1v) is 19.5. The van der Waals surface area contributed by atoms with Crippen LogP contribution in [0, 0.1) is 0 Å². The number of imidazole rings is 1. The summed E-state index contributed by atoms with van der Waals surface area (Å²) in [5.74, 6) is -0.964. The summed E-state index contributed by atoms with van der Waals surface area (Å²) in [6, 6.07) is 1.89. The Morgan fingerprint density at radius 2 is 1.67 bits per heavy atom. The number of likely N-dealkylation sites (tertiary alicyclic amines) is 1. The van der Waals surface area contributed by atoms with Crippen LogP contribution in [0.5, 0.6) is 11.5 Å². The van der Waals surface area contributed by atoms with Gasteiger partial charge in [0, 0.05) is 43.6 Å². The average molecular weight is 810 g/mol. The molecule has 316 valence electrons. The molecule has 0 saturated carbocycles. The predicted octanol–water partition coefficient (Wildman–Crippen LogP) is 4.44. The Hall–Kier alpha value is -5.16. The van der Waals surface area contributed by atoms with E-state index < -0.39 is 70.2 Å². The van der Waals surface area contributed by atoms with E-state index in [9.17, 15) is 29.1 Å². The van der Waals surface area contributed by atoms with Crippen molar-refractivity contribution in [1.29, 1.82) is 0 Å². The van der Waals surface area contributed by atoms with E-state index in [0.29, 0.717) is 24.9 Å². The van der Waals surface area contributed by atoms with Crippen LogP contribution in [0.15, 0.2) is 36.5 Å². The Balaban J connectivity index is 1.28. The molecule has 3 N–H and O–H groups in total. The van der Waals surface area contributed by atoms with Gasteiger partial charge in [-0.2, -0.15) is 0 Å². The second kappa shape index (κ2) is 15.2. The maximum absolute atomic E-state index is 14.3. The third-order valence-corrected chi connectivity index (χ3v) is 10.4. The Morgan fingerprint density at radius 3 is 2.34 bits per heavy atom. The second-order valence-corrected chi connectivity index (χ2v) is 18.3. The fraction of sp³-hybridized carbons (Fsp3) is 0.610. The zero-order valence-electron chi connectivity index (χ0n) is 34.8. The number of hydrogen-bond donors (Lipinski definition) is 3. The maximum atomic E-state index is 14.3. The lowest BCUT2D eigenvalue weighted by atomic mass is 9.50. The number of piperidine rings is 1. The molecule has 5 atom stereocenters. The van der Waals surface area contributed by atoms with Gasteiger partial charge in [0.25, 0.3) is 0 Å². The maximum Gasteiger partial charge on any atom is 0.514 e. The van der Waals surface area contributed by atoms with Gasteiger partial charge in [-0.05, 0) is 106 Å². The molecule has 0 unspecified atom stereocenters. The van der Waals surface area contributed by atoms with Gasteiger partial charge in [-0.3, -0.25) is 4.79 Å². The highest BCUT2D eigenvalue weighted by Crippen LogP contribution is 2.65. The van der Waals surface area contributed by atoms with Gasteiger partial charge in [0.2, 0.25) is 5.91 Å². The van der Waals surface area contributed by atoms with Gasteiger partial charge in [-0.15, -0.1) is 0 Å². The smallest absolute Gasteiger partial charge is 0.477 e. The van der Waals surface area contributed by atoms with Gasteiger partial charge in [-0.25, -0.2) is 28.7 Å². The van der Waals surface area contributed by atoms with E-state index in [-0.39, 0.29) is 54.8 Å². The monoisotopic (exact) mass is 809 g/mol. The Morgan fingerprint density at radius 1 is 0.983 bits per heavy atom. The summed E-state index contributed by atoms with van der Waals surface area (Å²) in [5, 5.41) is 17.9. The van der Waals surface area contributed by atoms with Crippen LogP contribution in [-0.4, -0.2) is 111 Å². The van der Waals surface area contributed by atoms with E-state index in [2.05, 4.69) is 20.5 Å². The molecule has 0 radical (unpaired) electrons. The summed E-state index contributed by atoms with van der Waals surface area (Å²) in [5.41, 5.74) is -2.87. The number of esters is 1. The number of aliphatic hydroxyl groups is 1. The topological polar surface area (TPSA) is 206 Å². The Kier molecular flexibility index (Phi) is 11.1. The highest BCUT2D eigenvalue weighted by molar-refractivity contribution is 5.86. The van der Waals surface area contributed by atoms with E-state index in [1.807, 2.05) is 13.1 Å². The van der Waals surface area contributed by atoms with Crippen molar-refractivity contribution in [2.45, 2.75) is 140 Å². The number of likely N-dealkylation sites (N-methyl/N-ethyl adjacent to an activating group) is 1. The van der Waals surface area contributed by atoms with Crippen LogP contribution in [0.3, 0.4) is 0 Å². The van der Waals surface area contributed by atoms with Gasteiger partial charge in [-0.1, -0.05) is 6.07 Å². The lowest BCUT2D eigenvalue weighted by Crippen LogP contribution is -2.74. The van der Waals surface area contributed by atoms with Crippen molar-refractivity contribution < 1.29 is 57.5 Å². The van der Waals surface area contributed by atoms with Gasteiger partial charge in [0.15, 0.2) is 17.6 Å². The van der Waals surface area contributed by atoms with Crippen molar-refractivity contribution in [2.75, 3.05) is 20.1 Å². The highest BCUT2D eigenvalue weighted by atomic mass is 16.7. The van der Waals surface area contributed by atoms with E-state index in [0.717, 1.165) is 10.1 Å². The molecule has 2 aliphatic heterocycles. The lowest BCUT2D eigenvalue weighted by Gasteiger charge is -2.61. The number of benzene rings is 1. The molecule has 6 rings (SSSR count). The summed E-state index contributed by atoms with van der Waals surface area (Å²) in [6.07, 6.45) is 1.64. The van der Waals surface area contributed by atoms with Crippen LogP contribution in [0.1, 0.15) is 98.4 Å². The molecular formula is C41H55N5O12. The van der Waals surface area contributed by atoms with Gasteiger partial charge < -0.3 is 49.1 Å². The van der Waals surface area contributed by atoms with Gasteiger partial charge in [0.1, 0.15) is 34.9 Å².